The Bertz CT molecular complexity index is 328. The van der Waals surface area contributed by atoms with E-state index in [9.17, 15) is 0 Å². The van der Waals surface area contributed by atoms with Gasteiger partial charge in [0.1, 0.15) is 15.7 Å². The van der Waals surface area contributed by atoms with Crippen LogP contribution in [-0.2, 0) is 0 Å². The Labute approximate surface area is 79.5 Å². The van der Waals surface area contributed by atoms with Crippen molar-refractivity contribution in [3.8, 4) is 0 Å². The van der Waals surface area contributed by atoms with Crippen LogP contribution in [0.4, 0.5) is 0 Å². The van der Waals surface area contributed by atoms with E-state index in [2.05, 4.69) is 4.98 Å². The zero-order valence-corrected chi connectivity index (χ0v) is 7.73. The van der Waals surface area contributed by atoms with Gasteiger partial charge in [-0.1, -0.05) is 11.5 Å². The Morgan fingerprint density at radius 2 is 2.08 bits per heavy atom. The summed E-state index contributed by atoms with van der Waals surface area (Å²) in [4.78, 5) is 3.89. The van der Waals surface area contributed by atoms with Crippen LogP contribution in [0.3, 0.4) is 0 Å². The van der Waals surface area contributed by atoms with Gasteiger partial charge in [-0.15, -0.1) is 5.98 Å². The van der Waals surface area contributed by atoms with Gasteiger partial charge in [0, 0.05) is 17.9 Å². The predicted octanol–water partition coefficient (Wildman–Crippen LogP) is -3.38. The summed E-state index contributed by atoms with van der Waals surface area (Å²) in [6, 6.07) is 0. The highest BCUT2D eigenvalue weighted by Gasteiger charge is 2.15. The SMILES string of the molecule is B/C=C\c1c(B)cncc1B(O)O. The smallest absolute Gasteiger partial charge is 0.423 e. The molecule has 0 aromatic carbocycles. The fourth-order valence-corrected chi connectivity index (χ4v) is 1.20. The van der Waals surface area contributed by atoms with E-state index in [-0.39, 0.29) is 0 Å². The predicted molar refractivity (Wildman–Crippen MR) is 59.8 cm³/mol. The molecule has 0 amide bonds. The molecule has 0 spiro atoms. The maximum absolute atomic E-state index is 9.04. The van der Waals surface area contributed by atoms with E-state index in [1.807, 2.05) is 27.7 Å². The van der Waals surface area contributed by atoms with Gasteiger partial charge in [0.25, 0.3) is 0 Å². The third-order valence-electron chi connectivity index (χ3n) is 1.83. The van der Waals surface area contributed by atoms with E-state index in [1.165, 1.54) is 6.20 Å². The molecule has 0 unspecified atom stereocenters. The zero-order valence-electron chi connectivity index (χ0n) is 7.73. The molecular weight excluding hydrogens is 163 g/mol. The monoisotopic (exact) mass is 173 g/mol. The van der Waals surface area contributed by atoms with Gasteiger partial charge < -0.3 is 10.0 Å². The Morgan fingerprint density at radius 3 is 2.62 bits per heavy atom. The molecule has 0 aliphatic heterocycles. The second-order valence-electron chi connectivity index (χ2n) is 2.83. The van der Waals surface area contributed by atoms with Gasteiger partial charge in [-0.05, 0) is 5.56 Å². The minimum Gasteiger partial charge on any atom is -0.423 e. The van der Waals surface area contributed by atoms with Crippen LogP contribution in [0, 0.1) is 0 Å². The molecule has 0 saturated heterocycles. The number of hydrogen-bond donors (Lipinski definition) is 2. The molecule has 0 fully saturated rings. The maximum Gasteiger partial charge on any atom is 0.490 e. The molecule has 1 aromatic heterocycles. The van der Waals surface area contributed by atoms with Gasteiger partial charge in [-0.25, -0.2) is 0 Å². The third kappa shape index (κ3) is 2.23. The Kier molecular flexibility index (Phi) is 3.34. The molecule has 6 heteroatoms. The van der Waals surface area contributed by atoms with Crippen molar-refractivity contribution in [2.75, 3.05) is 0 Å². The molecule has 13 heavy (non-hydrogen) atoms. The standard InChI is InChI=1S/C7H10B3NO2/c8-2-1-5-6(9)3-11-4-7(5)10(12)13/h1-4,12-13H,8-9H2/b2-1-. The number of nitrogens with zero attached hydrogens (tertiary/aromatic N) is 1. The molecule has 0 aliphatic carbocycles. The largest absolute Gasteiger partial charge is 0.490 e. The van der Waals surface area contributed by atoms with Crippen molar-refractivity contribution in [2.45, 2.75) is 0 Å². The van der Waals surface area contributed by atoms with Crippen molar-refractivity contribution in [3.05, 3.63) is 23.9 Å². The molecular formula is C7H10B3NO2. The van der Waals surface area contributed by atoms with E-state index < -0.39 is 7.12 Å². The number of hydrogen-bond acceptors (Lipinski definition) is 3. The lowest BCUT2D eigenvalue weighted by atomic mass is 9.74. The van der Waals surface area contributed by atoms with Crippen molar-refractivity contribution < 1.29 is 10.0 Å². The van der Waals surface area contributed by atoms with Crippen molar-refractivity contribution >= 4 is 39.8 Å². The first kappa shape index (κ1) is 10.1. The Hall–Kier alpha value is -0.995. The quantitative estimate of drug-likeness (QED) is 0.458. The number of pyridine rings is 1. The van der Waals surface area contributed by atoms with Gasteiger partial charge in [-0.2, -0.15) is 0 Å². The third-order valence-corrected chi connectivity index (χ3v) is 1.83. The second kappa shape index (κ2) is 4.30. The fourth-order valence-electron chi connectivity index (χ4n) is 1.20. The summed E-state index contributed by atoms with van der Waals surface area (Å²) in [5.74, 6) is 1.86. The summed E-state index contributed by atoms with van der Waals surface area (Å²) < 4.78 is 0. The molecule has 1 aromatic rings. The lowest BCUT2D eigenvalue weighted by molar-refractivity contribution is 0.425. The van der Waals surface area contributed by atoms with Gasteiger partial charge in [0.05, 0.1) is 0 Å². The van der Waals surface area contributed by atoms with Crippen LogP contribution in [-0.4, -0.2) is 37.8 Å². The van der Waals surface area contributed by atoms with Crippen molar-refractivity contribution in [1.82, 2.24) is 4.98 Å². The van der Waals surface area contributed by atoms with Crippen LogP contribution in [0.1, 0.15) is 5.56 Å². The normalized spacial score (nSPS) is 10.6. The minimum atomic E-state index is -1.46. The van der Waals surface area contributed by atoms with Crippen molar-refractivity contribution in [3.63, 3.8) is 0 Å². The molecule has 0 atom stereocenters. The van der Waals surface area contributed by atoms with E-state index in [1.54, 1.807) is 6.20 Å². The van der Waals surface area contributed by atoms with E-state index in [0.29, 0.717) is 5.46 Å². The summed E-state index contributed by atoms with van der Waals surface area (Å²) in [5, 5.41) is 18.1. The van der Waals surface area contributed by atoms with E-state index in [4.69, 9.17) is 10.0 Å². The van der Waals surface area contributed by atoms with Crippen molar-refractivity contribution in [1.29, 1.82) is 0 Å². The average molecular weight is 173 g/mol. The Morgan fingerprint density at radius 1 is 1.38 bits per heavy atom. The van der Waals surface area contributed by atoms with Crippen LogP contribution in [0.2, 0.25) is 0 Å². The number of aromatic nitrogens is 1. The summed E-state index contributed by atoms with van der Waals surface area (Å²) in [7, 11) is 2.31. The van der Waals surface area contributed by atoms with Gasteiger partial charge in [0.15, 0.2) is 0 Å². The molecule has 0 bridgehead atoms. The first-order valence-electron chi connectivity index (χ1n) is 4.10. The van der Waals surface area contributed by atoms with E-state index in [0.717, 1.165) is 11.0 Å². The summed E-state index contributed by atoms with van der Waals surface area (Å²) >= 11 is 0. The summed E-state index contributed by atoms with van der Waals surface area (Å²) in [6.45, 7) is 0. The lowest BCUT2D eigenvalue weighted by Crippen LogP contribution is -2.36. The molecule has 0 saturated carbocycles. The topological polar surface area (TPSA) is 53.4 Å². The second-order valence-corrected chi connectivity index (χ2v) is 2.83. The summed E-state index contributed by atoms with van der Waals surface area (Å²) in [6.07, 6.45) is 5.00. The van der Waals surface area contributed by atoms with Crippen LogP contribution >= 0.6 is 0 Å². The molecule has 64 valence electrons. The first-order valence-corrected chi connectivity index (χ1v) is 4.10. The zero-order chi connectivity index (χ0) is 9.84. The molecule has 1 rings (SSSR count). The first-order chi connectivity index (χ1) is 6.16. The van der Waals surface area contributed by atoms with Crippen LogP contribution in [0.15, 0.2) is 18.4 Å². The van der Waals surface area contributed by atoms with Gasteiger partial charge >= 0.3 is 7.12 Å². The average Bonchev–Trinajstić information content (AvgIpc) is 2.08. The molecule has 0 radical (unpaired) electrons. The highest BCUT2D eigenvalue weighted by atomic mass is 16.4. The maximum atomic E-state index is 9.04. The van der Waals surface area contributed by atoms with Crippen LogP contribution in [0.25, 0.3) is 6.08 Å². The van der Waals surface area contributed by atoms with Gasteiger partial charge in [-0.3, -0.25) is 4.98 Å². The molecule has 0 aliphatic rings. The minimum absolute atomic E-state index is 0.443. The molecule has 2 N–H and O–H groups in total. The molecule has 1 heterocycles. The Balaban J connectivity index is 3.25. The van der Waals surface area contributed by atoms with Crippen molar-refractivity contribution in [2.24, 2.45) is 0 Å². The van der Waals surface area contributed by atoms with Crippen LogP contribution in [0.5, 0.6) is 0 Å². The number of rotatable bonds is 2. The highest BCUT2D eigenvalue weighted by Crippen LogP contribution is 1.93. The highest BCUT2D eigenvalue weighted by molar-refractivity contribution is 6.60. The fraction of sp³-hybridized carbons (Fsp3) is 0. The van der Waals surface area contributed by atoms with E-state index >= 15 is 0 Å². The summed E-state index contributed by atoms with van der Waals surface area (Å²) in [5.41, 5.74) is 2.20. The van der Waals surface area contributed by atoms with Gasteiger partial charge in [0.2, 0.25) is 0 Å². The lowest BCUT2D eigenvalue weighted by Gasteiger charge is -2.06. The molecule has 3 nitrogen and oxygen atoms in total. The van der Waals surface area contributed by atoms with Crippen LogP contribution < -0.4 is 10.9 Å².